The van der Waals surface area contributed by atoms with Crippen molar-refractivity contribution < 1.29 is 33.6 Å². The Morgan fingerprint density at radius 2 is 1.74 bits per heavy atom. The fraction of sp³-hybridized carbons (Fsp3) is 0.303. The number of benzene rings is 3. The van der Waals surface area contributed by atoms with Crippen LogP contribution in [0.25, 0.3) is 16.0 Å². The van der Waals surface area contributed by atoms with E-state index in [4.69, 9.17) is 23.9 Å². The molecule has 3 aromatic carbocycles. The van der Waals surface area contributed by atoms with Crippen LogP contribution >= 0.6 is 11.3 Å². The van der Waals surface area contributed by atoms with Crippen molar-refractivity contribution >= 4 is 44.1 Å². The lowest BCUT2D eigenvalue weighted by atomic mass is 9.94. The van der Waals surface area contributed by atoms with Crippen molar-refractivity contribution in [3.63, 3.8) is 0 Å². The van der Waals surface area contributed by atoms with Crippen molar-refractivity contribution in [1.82, 2.24) is 4.98 Å². The number of aliphatic hydroxyl groups excluding tert-OH is 1. The summed E-state index contributed by atoms with van der Waals surface area (Å²) in [5.41, 5.74) is 2.57. The Hall–Kier alpha value is -4.57. The molecule has 1 N–H and O–H groups in total. The van der Waals surface area contributed by atoms with E-state index in [-0.39, 0.29) is 17.4 Å². The first-order valence-corrected chi connectivity index (χ1v) is 15.2. The van der Waals surface area contributed by atoms with Gasteiger partial charge in [-0.1, -0.05) is 17.4 Å². The number of aromatic nitrogens is 1. The van der Waals surface area contributed by atoms with Gasteiger partial charge in [0.25, 0.3) is 5.78 Å². The van der Waals surface area contributed by atoms with Crippen LogP contribution in [-0.4, -0.2) is 47.7 Å². The number of nitrogens with zero attached hydrogens (tertiary/aromatic N) is 2. The molecule has 0 spiro atoms. The van der Waals surface area contributed by atoms with E-state index in [0.717, 1.165) is 16.0 Å². The van der Waals surface area contributed by atoms with Crippen LogP contribution < -0.4 is 23.8 Å². The van der Waals surface area contributed by atoms with Gasteiger partial charge in [0.1, 0.15) is 23.4 Å². The van der Waals surface area contributed by atoms with E-state index in [9.17, 15) is 14.7 Å². The van der Waals surface area contributed by atoms with E-state index in [2.05, 4.69) is 0 Å². The Balaban J connectivity index is 1.53. The minimum Gasteiger partial charge on any atom is -0.507 e. The van der Waals surface area contributed by atoms with Crippen LogP contribution in [0.2, 0.25) is 0 Å². The first-order valence-electron chi connectivity index (χ1n) is 14.4. The number of ether oxygens (including phenoxy) is 4. The van der Waals surface area contributed by atoms with Gasteiger partial charge in [-0.3, -0.25) is 14.5 Å². The van der Waals surface area contributed by atoms with Gasteiger partial charge in [-0.25, -0.2) is 4.98 Å². The quantitative estimate of drug-likeness (QED) is 0.133. The molecular weight excluding hydrogens is 568 g/mol. The van der Waals surface area contributed by atoms with Gasteiger partial charge >= 0.3 is 5.91 Å². The Morgan fingerprint density at radius 1 is 0.977 bits per heavy atom. The molecular formula is C33H32N2O7S. The molecule has 0 radical (unpaired) electrons. The smallest absolute Gasteiger partial charge is 0.301 e. The molecule has 10 heteroatoms. The highest BCUT2D eigenvalue weighted by molar-refractivity contribution is 7.22. The Bertz CT molecular complexity index is 1760. The van der Waals surface area contributed by atoms with Gasteiger partial charge in [0, 0.05) is 12.0 Å². The van der Waals surface area contributed by atoms with Crippen LogP contribution in [0.5, 0.6) is 23.0 Å². The first-order chi connectivity index (χ1) is 20.8. The molecule has 1 saturated heterocycles. The van der Waals surface area contributed by atoms with Crippen molar-refractivity contribution in [2.75, 3.05) is 24.7 Å². The molecule has 0 unspecified atom stereocenters. The molecule has 43 heavy (non-hydrogen) atoms. The predicted molar refractivity (Wildman–Crippen MR) is 165 cm³/mol. The average Bonchev–Trinajstić information content (AvgIpc) is 3.66. The summed E-state index contributed by atoms with van der Waals surface area (Å²) < 4.78 is 23.9. The van der Waals surface area contributed by atoms with Gasteiger partial charge in [0.15, 0.2) is 16.6 Å². The van der Waals surface area contributed by atoms with Crippen LogP contribution in [0.3, 0.4) is 0 Å². The first kappa shape index (κ1) is 28.5. The normalized spacial score (nSPS) is 19.0. The highest BCUT2D eigenvalue weighted by Gasteiger charge is 2.48. The van der Waals surface area contributed by atoms with Crippen LogP contribution in [0.15, 0.2) is 60.2 Å². The Kier molecular flexibility index (Phi) is 7.70. The summed E-state index contributed by atoms with van der Waals surface area (Å²) in [6.45, 7) is 8.97. The van der Waals surface area contributed by atoms with Crippen LogP contribution in [0.4, 0.5) is 5.13 Å². The maximum Gasteiger partial charge on any atom is 0.301 e. The lowest BCUT2D eigenvalue weighted by Crippen LogP contribution is -2.29. The van der Waals surface area contributed by atoms with Gasteiger partial charge in [-0.2, -0.15) is 0 Å². The van der Waals surface area contributed by atoms with E-state index in [1.54, 1.807) is 30.3 Å². The minimum absolute atomic E-state index is 0.0149. The lowest BCUT2D eigenvalue weighted by molar-refractivity contribution is -0.132. The number of rotatable bonds is 9. The van der Waals surface area contributed by atoms with E-state index in [1.807, 2.05) is 52.0 Å². The zero-order valence-electron chi connectivity index (χ0n) is 24.4. The molecule has 222 valence electrons. The van der Waals surface area contributed by atoms with E-state index in [1.165, 1.54) is 16.2 Å². The lowest BCUT2D eigenvalue weighted by Gasteiger charge is -2.24. The largest absolute Gasteiger partial charge is 0.507 e. The highest BCUT2D eigenvalue weighted by Crippen LogP contribution is 2.46. The van der Waals surface area contributed by atoms with Crippen molar-refractivity contribution in [3.8, 4) is 23.0 Å². The summed E-state index contributed by atoms with van der Waals surface area (Å²) in [6, 6.07) is 15.1. The molecule has 1 fully saturated rings. The van der Waals surface area contributed by atoms with Crippen molar-refractivity contribution in [3.05, 3.63) is 76.9 Å². The number of aliphatic hydroxyl groups is 1. The maximum atomic E-state index is 13.8. The Labute approximate surface area is 253 Å². The van der Waals surface area contributed by atoms with Gasteiger partial charge in [-0.05, 0) is 87.4 Å². The number of Topliss-reactive ketones (excluding diaryl/α,β-unsaturated/α-hetero) is 1. The summed E-state index contributed by atoms with van der Waals surface area (Å²) in [7, 11) is 0. The molecule has 4 aromatic rings. The third-order valence-corrected chi connectivity index (χ3v) is 8.38. The Morgan fingerprint density at radius 3 is 2.51 bits per heavy atom. The molecule has 6 rings (SSSR count). The molecule has 3 heterocycles. The molecule has 9 nitrogen and oxygen atoms in total. The average molecular weight is 601 g/mol. The minimum atomic E-state index is -0.967. The topological polar surface area (TPSA) is 107 Å². The van der Waals surface area contributed by atoms with Crippen LogP contribution in [0.1, 0.15) is 50.4 Å². The van der Waals surface area contributed by atoms with Gasteiger partial charge in [0.05, 0.1) is 41.7 Å². The number of hydrogen-bond donors (Lipinski definition) is 1. The number of hydrogen-bond acceptors (Lipinski definition) is 9. The molecule has 1 amide bonds. The fourth-order valence-corrected chi connectivity index (χ4v) is 6.58. The van der Waals surface area contributed by atoms with E-state index >= 15 is 0 Å². The predicted octanol–water partition coefficient (Wildman–Crippen LogP) is 6.44. The van der Waals surface area contributed by atoms with E-state index in [0.29, 0.717) is 65.3 Å². The number of anilines is 1. The summed E-state index contributed by atoms with van der Waals surface area (Å²) in [5.74, 6) is 0.610. The molecule has 0 saturated carbocycles. The second-order valence-corrected chi connectivity index (χ2v) is 11.3. The van der Waals surface area contributed by atoms with Crippen molar-refractivity contribution in [1.29, 1.82) is 0 Å². The van der Waals surface area contributed by atoms with Crippen LogP contribution in [0, 0.1) is 0 Å². The standard InChI is InChI=1S/C33H32N2O7S/c1-5-39-22-10-11-23-27(17-22)43-33(34-23)35-29(19-8-13-25(40-6-2)26(16-19)41-7-3)28(31(37)32(35)38)30(36)20-9-12-24-21(15-20)14-18(4)42-24/h8-13,15-18,29,36H,5-7,14H2,1-4H3/b30-28+/t18-,29-/m0/s1. The van der Waals surface area contributed by atoms with E-state index < -0.39 is 17.7 Å². The second kappa shape index (κ2) is 11.6. The van der Waals surface area contributed by atoms with Crippen molar-refractivity contribution in [2.45, 2.75) is 46.3 Å². The third kappa shape index (κ3) is 5.16. The zero-order chi connectivity index (χ0) is 30.2. The highest BCUT2D eigenvalue weighted by atomic mass is 32.1. The molecule has 0 bridgehead atoms. The molecule has 1 aromatic heterocycles. The van der Waals surface area contributed by atoms with Crippen LogP contribution in [-0.2, 0) is 16.0 Å². The summed E-state index contributed by atoms with van der Waals surface area (Å²) in [5, 5.41) is 12.0. The monoisotopic (exact) mass is 600 g/mol. The zero-order valence-corrected chi connectivity index (χ0v) is 25.2. The molecule has 2 atom stereocenters. The van der Waals surface area contributed by atoms with Gasteiger partial charge < -0.3 is 24.1 Å². The fourth-order valence-electron chi connectivity index (χ4n) is 5.56. The third-order valence-electron chi connectivity index (χ3n) is 7.36. The SMILES string of the molecule is CCOc1ccc2nc(N3C(=O)C(=O)/C(=C(/O)c4ccc5c(c4)C[C@H](C)O5)[C@@H]3c3ccc(OCC)c(OCC)c3)sc2c1. The number of carbonyl (C=O) groups is 2. The molecule has 2 aliphatic heterocycles. The molecule has 0 aliphatic carbocycles. The number of thiazole rings is 1. The number of carbonyl (C=O) groups excluding carboxylic acids is 2. The second-order valence-electron chi connectivity index (χ2n) is 10.3. The summed E-state index contributed by atoms with van der Waals surface area (Å²) in [4.78, 5) is 33.7. The molecule has 2 aliphatic rings. The summed E-state index contributed by atoms with van der Waals surface area (Å²) >= 11 is 1.28. The van der Waals surface area contributed by atoms with Gasteiger partial charge in [-0.15, -0.1) is 0 Å². The number of ketones is 1. The number of amides is 1. The van der Waals surface area contributed by atoms with Crippen molar-refractivity contribution in [2.24, 2.45) is 0 Å². The van der Waals surface area contributed by atoms with Gasteiger partial charge in [0.2, 0.25) is 0 Å². The maximum absolute atomic E-state index is 13.8. The summed E-state index contributed by atoms with van der Waals surface area (Å²) in [6.07, 6.45) is 0.696. The number of fused-ring (bicyclic) bond motifs is 2.